The highest BCUT2D eigenvalue weighted by atomic mass is 79.9. The summed E-state index contributed by atoms with van der Waals surface area (Å²) in [4.78, 5) is 25.0. The van der Waals surface area contributed by atoms with Crippen molar-refractivity contribution in [1.29, 1.82) is 0 Å². The lowest BCUT2D eigenvalue weighted by atomic mass is 10.1. The minimum absolute atomic E-state index is 0.0277. The summed E-state index contributed by atoms with van der Waals surface area (Å²) < 4.78 is 2.56. The van der Waals surface area contributed by atoms with Gasteiger partial charge in [0.2, 0.25) is 5.91 Å². The van der Waals surface area contributed by atoms with Gasteiger partial charge in [-0.1, -0.05) is 29.8 Å². The molecule has 31 heavy (non-hydrogen) atoms. The number of benzene rings is 1. The summed E-state index contributed by atoms with van der Waals surface area (Å²) in [5.74, 6) is 0.599. The fraction of sp³-hybridized carbons (Fsp3) is 0.545. The van der Waals surface area contributed by atoms with Gasteiger partial charge in [0.1, 0.15) is 0 Å². The third-order valence-corrected chi connectivity index (χ3v) is 7.40. The van der Waals surface area contributed by atoms with Crippen molar-refractivity contribution in [2.75, 3.05) is 6.54 Å². The fourth-order valence-electron chi connectivity index (χ4n) is 4.36. The van der Waals surface area contributed by atoms with Gasteiger partial charge < -0.3 is 10.6 Å². The molecule has 2 fully saturated rings. The van der Waals surface area contributed by atoms with E-state index >= 15 is 0 Å². The number of rotatable bonds is 8. The molecule has 0 spiro atoms. The molecule has 0 aliphatic heterocycles. The van der Waals surface area contributed by atoms with Gasteiger partial charge in [-0.2, -0.15) is 0 Å². The number of amides is 2. The Hall–Kier alpha value is -1.93. The topological polar surface area (TPSA) is 88.9 Å². The Morgan fingerprint density at radius 3 is 2.90 bits per heavy atom. The van der Waals surface area contributed by atoms with Gasteiger partial charge >= 0.3 is 0 Å². The van der Waals surface area contributed by atoms with E-state index in [4.69, 9.17) is 11.6 Å². The predicted molar refractivity (Wildman–Crippen MR) is 122 cm³/mol. The van der Waals surface area contributed by atoms with Crippen LogP contribution in [0.3, 0.4) is 0 Å². The molecule has 9 heteroatoms. The molecule has 2 aliphatic rings. The highest BCUT2D eigenvalue weighted by Gasteiger charge is 2.44. The van der Waals surface area contributed by atoms with Gasteiger partial charge in [0.05, 0.1) is 11.2 Å². The van der Waals surface area contributed by atoms with E-state index in [1.807, 2.05) is 18.2 Å². The zero-order chi connectivity index (χ0) is 22.0. The van der Waals surface area contributed by atoms with Crippen LogP contribution in [-0.4, -0.2) is 39.4 Å². The largest absolute Gasteiger partial charge is 0.356 e. The summed E-state index contributed by atoms with van der Waals surface area (Å²) >= 11 is 9.58. The summed E-state index contributed by atoms with van der Waals surface area (Å²) in [7, 11) is 0. The monoisotopic (exact) mass is 507 g/mol. The Balaban J connectivity index is 1.19. The van der Waals surface area contributed by atoms with E-state index in [0.717, 1.165) is 48.7 Å². The Kier molecular flexibility index (Phi) is 6.96. The molecule has 7 nitrogen and oxygen atoms in total. The lowest BCUT2D eigenvalue weighted by Gasteiger charge is -2.13. The molecule has 0 saturated heterocycles. The number of nitrogens with one attached hydrogen (secondary N) is 2. The van der Waals surface area contributed by atoms with E-state index in [1.165, 1.54) is 0 Å². The van der Waals surface area contributed by atoms with Crippen LogP contribution < -0.4 is 10.6 Å². The average molecular weight is 509 g/mol. The van der Waals surface area contributed by atoms with E-state index in [9.17, 15) is 9.59 Å². The van der Waals surface area contributed by atoms with Crippen LogP contribution in [0.2, 0.25) is 5.02 Å². The maximum absolute atomic E-state index is 12.6. The number of hydrogen-bond donors (Lipinski definition) is 2. The Bertz CT molecular complexity index is 965. The van der Waals surface area contributed by atoms with Gasteiger partial charge in [0, 0.05) is 29.5 Å². The molecule has 2 saturated carbocycles. The molecule has 2 amide bonds. The molecule has 2 N–H and O–H groups in total. The number of hydrogen-bond acceptors (Lipinski definition) is 4. The predicted octanol–water partition coefficient (Wildman–Crippen LogP) is 3.92. The van der Waals surface area contributed by atoms with Crippen LogP contribution in [0.4, 0.5) is 0 Å². The Morgan fingerprint density at radius 1 is 1.29 bits per heavy atom. The van der Waals surface area contributed by atoms with Crippen molar-refractivity contribution in [3.05, 3.63) is 45.1 Å². The lowest BCUT2D eigenvalue weighted by Crippen LogP contribution is -2.34. The molecule has 0 bridgehead atoms. The van der Waals surface area contributed by atoms with Gasteiger partial charge in [-0.05, 0) is 77.6 Å². The number of aromatic nitrogens is 3. The quantitative estimate of drug-likeness (QED) is 0.566. The van der Waals surface area contributed by atoms with Crippen molar-refractivity contribution in [3.8, 4) is 0 Å². The smallest absolute Gasteiger partial charge is 0.273 e. The van der Waals surface area contributed by atoms with Crippen molar-refractivity contribution in [2.24, 2.45) is 11.8 Å². The summed E-state index contributed by atoms with van der Waals surface area (Å²) in [5.41, 5.74) is 1.48. The van der Waals surface area contributed by atoms with Gasteiger partial charge in [0.25, 0.3) is 5.91 Å². The van der Waals surface area contributed by atoms with E-state index in [1.54, 1.807) is 10.9 Å². The molecular formula is C22H27BrClN5O2. The zero-order valence-corrected chi connectivity index (χ0v) is 19.8. The fourth-order valence-corrected chi connectivity index (χ4v) is 4.80. The van der Waals surface area contributed by atoms with Crippen LogP contribution in [0.1, 0.15) is 61.0 Å². The maximum Gasteiger partial charge on any atom is 0.273 e. The standard InChI is InChI=1S/C22H27BrClN5O2/c1-2-7-29-12-20(27-28-29)22(31)26-15-5-3-13(8-15)11-25-21(30)17-10-16(17)14-4-6-18(23)19(24)9-14/h4,6,9,12-13,15-17H,2-3,5,7-8,10-11H2,1H3,(H,25,30)(H,26,31)/t13-,15+,16-,17+/m0/s1. The van der Waals surface area contributed by atoms with Gasteiger partial charge in [-0.3, -0.25) is 14.3 Å². The third kappa shape index (κ3) is 5.47. The molecule has 4 atom stereocenters. The summed E-state index contributed by atoms with van der Waals surface area (Å²) in [6.45, 7) is 3.46. The first-order valence-corrected chi connectivity index (χ1v) is 12.0. The van der Waals surface area contributed by atoms with E-state index < -0.39 is 0 Å². The van der Waals surface area contributed by atoms with Crippen LogP contribution >= 0.6 is 27.5 Å². The van der Waals surface area contributed by atoms with Gasteiger partial charge in [-0.15, -0.1) is 5.10 Å². The molecule has 1 aromatic carbocycles. The van der Waals surface area contributed by atoms with Crippen LogP contribution in [-0.2, 0) is 11.3 Å². The van der Waals surface area contributed by atoms with E-state index in [0.29, 0.717) is 23.2 Å². The first-order chi connectivity index (χ1) is 14.9. The first-order valence-electron chi connectivity index (χ1n) is 10.9. The van der Waals surface area contributed by atoms with E-state index in [-0.39, 0.29) is 29.7 Å². The van der Waals surface area contributed by atoms with Crippen LogP contribution in [0.5, 0.6) is 0 Å². The second-order valence-electron chi connectivity index (χ2n) is 8.58. The van der Waals surface area contributed by atoms with Crippen molar-refractivity contribution in [1.82, 2.24) is 25.6 Å². The van der Waals surface area contributed by atoms with Crippen LogP contribution in [0, 0.1) is 11.8 Å². The number of nitrogens with zero attached hydrogens (tertiary/aromatic N) is 3. The molecule has 1 heterocycles. The maximum atomic E-state index is 12.6. The molecule has 2 aliphatic carbocycles. The Morgan fingerprint density at radius 2 is 2.13 bits per heavy atom. The minimum atomic E-state index is -0.175. The molecule has 0 radical (unpaired) electrons. The van der Waals surface area contributed by atoms with Crippen LogP contribution in [0.15, 0.2) is 28.9 Å². The zero-order valence-electron chi connectivity index (χ0n) is 17.5. The number of halogens is 2. The summed E-state index contributed by atoms with van der Waals surface area (Å²) in [6, 6.07) is 6.01. The first kappa shape index (κ1) is 22.3. The minimum Gasteiger partial charge on any atom is -0.356 e. The summed E-state index contributed by atoms with van der Waals surface area (Å²) in [6.07, 6.45) is 6.27. The third-order valence-electron chi connectivity index (χ3n) is 6.16. The number of carbonyl (C=O) groups excluding carboxylic acids is 2. The van der Waals surface area contributed by atoms with Crippen molar-refractivity contribution >= 4 is 39.3 Å². The molecule has 2 aromatic rings. The average Bonchev–Trinajstić information content (AvgIpc) is 3.19. The highest BCUT2D eigenvalue weighted by Crippen LogP contribution is 2.48. The van der Waals surface area contributed by atoms with E-state index in [2.05, 4.69) is 43.8 Å². The second-order valence-corrected chi connectivity index (χ2v) is 9.85. The normalized spacial score (nSPS) is 24.7. The number of aryl methyl sites for hydroxylation is 1. The second kappa shape index (κ2) is 9.69. The molecule has 166 valence electrons. The molecule has 4 rings (SSSR count). The molecule has 0 unspecified atom stereocenters. The van der Waals surface area contributed by atoms with Crippen molar-refractivity contribution in [3.63, 3.8) is 0 Å². The molecular weight excluding hydrogens is 482 g/mol. The molecule has 1 aromatic heterocycles. The highest BCUT2D eigenvalue weighted by molar-refractivity contribution is 9.10. The van der Waals surface area contributed by atoms with Crippen molar-refractivity contribution < 1.29 is 9.59 Å². The van der Waals surface area contributed by atoms with Gasteiger partial charge in [0.15, 0.2) is 5.69 Å². The Labute approximate surface area is 195 Å². The van der Waals surface area contributed by atoms with Gasteiger partial charge in [-0.25, -0.2) is 0 Å². The number of carbonyl (C=O) groups is 2. The summed E-state index contributed by atoms with van der Waals surface area (Å²) in [5, 5.41) is 14.8. The van der Waals surface area contributed by atoms with Crippen LogP contribution in [0.25, 0.3) is 0 Å². The SMILES string of the molecule is CCCn1cc(C(=O)N[C@@H]2CC[C@H](CNC(=O)[C@@H]3C[C@H]3c3ccc(Br)c(Cl)c3)C2)nn1. The van der Waals surface area contributed by atoms with Crippen molar-refractivity contribution in [2.45, 2.75) is 57.5 Å². The lowest BCUT2D eigenvalue weighted by molar-refractivity contribution is -0.122.